The van der Waals surface area contributed by atoms with Gasteiger partial charge in [-0.25, -0.2) is 22.5 Å². The number of benzene rings is 2. The summed E-state index contributed by atoms with van der Waals surface area (Å²) in [6.07, 6.45) is 3.58. The second kappa shape index (κ2) is 12.9. The van der Waals surface area contributed by atoms with Crippen LogP contribution in [0.3, 0.4) is 0 Å². The molecule has 0 bridgehead atoms. The van der Waals surface area contributed by atoms with Crippen LogP contribution < -0.4 is 4.72 Å². The van der Waals surface area contributed by atoms with Crippen LogP contribution in [-0.4, -0.2) is 58.5 Å². The van der Waals surface area contributed by atoms with Crippen molar-refractivity contribution in [2.75, 3.05) is 19.7 Å². The van der Waals surface area contributed by atoms with Crippen molar-refractivity contribution in [2.45, 2.75) is 109 Å². The number of nitrogens with one attached hydrogen (secondary N) is 1. The van der Waals surface area contributed by atoms with Gasteiger partial charge in [0.05, 0.1) is 6.04 Å². The summed E-state index contributed by atoms with van der Waals surface area (Å²) in [6, 6.07) is 13.4. The van der Waals surface area contributed by atoms with Crippen molar-refractivity contribution in [1.82, 2.24) is 9.62 Å². The van der Waals surface area contributed by atoms with Crippen molar-refractivity contribution < 1.29 is 22.0 Å². The van der Waals surface area contributed by atoms with Crippen LogP contribution in [0.1, 0.15) is 96.2 Å². The second-order valence-corrected chi connectivity index (χ2v) is 21.9. The summed E-state index contributed by atoms with van der Waals surface area (Å²) in [5.41, 5.74) is 2.35. The molecule has 2 atom stereocenters. The van der Waals surface area contributed by atoms with Gasteiger partial charge in [0, 0.05) is 30.8 Å². The molecule has 1 fully saturated rings. The first kappa shape index (κ1) is 35.3. The second-order valence-electron chi connectivity index (χ2n) is 15.3. The van der Waals surface area contributed by atoms with E-state index < -0.39 is 41.1 Å². The van der Waals surface area contributed by atoms with Crippen LogP contribution in [0.15, 0.2) is 59.6 Å². The standard InChI is InChI=1S/C35H52FN3O4SSi/c1-33(2,3)39-22-19-26(20-23-39)25-15-17-27(18-16-25)31-35(7,8)43-32(38-44(31,40)41)37-30(28-13-11-12-14-29(28)36)21-24-42-45(9,10)34(4,5)6/h11-19,30-31H,20-24H2,1-10H3,(H,37,38). The van der Waals surface area contributed by atoms with Gasteiger partial charge in [-0.1, -0.05) is 69.3 Å². The molecule has 0 spiro atoms. The Labute approximate surface area is 271 Å². The van der Waals surface area contributed by atoms with Gasteiger partial charge in [-0.2, -0.15) is 0 Å². The number of hydrogen-bond donors (Lipinski definition) is 1. The number of nitrogens with zero attached hydrogens (tertiary/aromatic N) is 2. The van der Waals surface area contributed by atoms with E-state index >= 15 is 0 Å². The molecule has 2 heterocycles. The van der Waals surface area contributed by atoms with E-state index in [-0.39, 0.29) is 16.6 Å². The van der Waals surface area contributed by atoms with E-state index in [1.54, 1.807) is 32.0 Å². The number of sulfonamides is 1. The summed E-state index contributed by atoms with van der Waals surface area (Å²) in [5, 5.41) is -0.949. The maximum atomic E-state index is 15.0. The highest BCUT2D eigenvalue weighted by Gasteiger charge is 2.48. The zero-order chi connectivity index (χ0) is 33.4. The van der Waals surface area contributed by atoms with E-state index in [2.05, 4.69) is 75.3 Å². The van der Waals surface area contributed by atoms with Gasteiger partial charge >= 0.3 is 0 Å². The normalized spacial score (nSPS) is 22.3. The van der Waals surface area contributed by atoms with Crippen molar-refractivity contribution >= 4 is 29.9 Å². The third-order valence-corrected chi connectivity index (χ3v) is 15.9. The van der Waals surface area contributed by atoms with Gasteiger partial charge in [-0.05, 0) is 88.4 Å². The van der Waals surface area contributed by atoms with Gasteiger partial charge in [0.1, 0.15) is 16.7 Å². The summed E-state index contributed by atoms with van der Waals surface area (Å²) >= 11 is 0. The number of rotatable bonds is 8. The van der Waals surface area contributed by atoms with E-state index in [1.165, 1.54) is 11.6 Å². The van der Waals surface area contributed by atoms with Gasteiger partial charge in [-0.15, -0.1) is 0 Å². The molecular formula is C35H52FN3O4SSi. The maximum Gasteiger partial charge on any atom is 0.299 e. The molecule has 2 aliphatic heterocycles. The minimum atomic E-state index is -3.94. The quantitative estimate of drug-likeness (QED) is 0.291. The Balaban J connectivity index is 1.56. The molecule has 7 nitrogen and oxygen atoms in total. The largest absolute Gasteiger partial charge is 0.457 e. The number of aliphatic imine (C=N–C) groups is 1. The molecule has 2 aromatic carbocycles. The third kappa shape index (κ3) is 8.25. The van der Waals surface area contributed by atoms with Crippen LogP contribution in [0.4, 0.5) is 4.39 Å². The Morgan fingerprint density at radius 2 is 1.73 bits per heavy atom. The highest BCUT2D eigenvalue weighted by atomic mass is 32.2. The van der Waals surface area contributed by atoms with E-state index in [4.69, 9.17) is 9.16 Å². The number of ether oxygens (including phenoxy) is 1. The molecule has 0 radical (unpaired) electrons. The minimum Gasteiger partial charge on any atom is -0.457 e. The average molecular weight is 658 g/mol. The highest BCUT2D eigenvalue weighted by Crippen LogP contribution is 2.40. The highest BCUT2D eigenvalue weighted by molar-refractivity contribution is 7.90. The van der Waals surface area contributed by atoms with Crippen molar-refractivity contribution in [1.29, 1.82) is 0 Å². The average Bonchev–Trinajstić information content (AvgIpc) is 2.91. The van der Waals surface area contributed by atoms with Crippen molar-refractivity contribution in [3.63, 3.8) is 0 Å². The Bertz CT molecular complexity index is 1520. The van der Waals surface area contributed by atoms with Crippen LogP contribution in [0.2, 0.25) is 18.1 Å². The Morgan fingerprint density at radius 3 is 2.27 bits per heavy atom. The SMILES string of the molecule is CC1(C)OC(=NC(CCO[Si](C)(C)C(C)(C)C)c2ccccc2F)NS(=O)(=O)C1c1ccc(C2=CCN(C(C)(C)C)CC2)cc1. The molecule has 2 aromatic rings. The molecule has 0 aromatic heterocycles. The summed E-state index contributed by atoms with van der Waals surface area (Å²) in [6.45, 7) is 23.2. The van der Waals surface area contributed by atoms with Crippen molar-refractivity contribution in [3.05, 3.63) is 77.1 Å². The summed E-state index contributed by atoms with van der Waals surface area (Å²) in [7, 11) is -5.99. The molecule has 2 aliphatic rings. The Morgan fingerprint density at radius 1 is 1.09 bits per heavy atom. The fourth-order valence-corrected chi connectivity index (χ4v) is 8.57. The monoisotopic (exact) mass is 657 g/mol. The van der Waals surface area contributed by atoms with Crippen LogP contribution in [0.25, 0.3) is 5.57 Å². The van der Waals surface area contributed by atoms with E-state index in [9.17, 15) is 12.8 Å². The van der Waals surface area contributed by atoms with Crippen LogP contribution in [-0.2, 0) is 19.2 Å². The predicted molar refractivity (Wildman–Crippen MR) is 185 cm³/mol. The topological polar surface area (TPSA) is 80.2 Å². The van der Waals surface area contributed by atoms with Crippen molar-refractivity contribution in [2.24, 2.45) is 4.99 Å². The minimum absolute atomic E-state index is 0.0204. The van der Waals surface area contributed by atoms with Crippen LogP contribution in [0, 0.1) is 5.82 Å². The van der Waals surface area contributed by atoms with Crippen LogP contribution in [0.5, 0.6) is 0 Å². The fraction of sp³-hybridized carbons (Fsp3) is 0.571. The zero-order valence-electron chi connectivity index (χ0n) is 28.7. The first-order valence-electron chi connectivity index (χ1n) is 15.9. The van der Waals surface area contributed by atoms with Gasteiger partial charge in [0.15, 0.2) is 8.32 Å². The molecule has 0 amide bonds. The van der Waals surface area contributed by atoms with Gasteiger partial charge in [-0.3, -0.25) is 4.90 Å². The van der Waals surface area contributed by atoms with Crippen LogP contribution >= 0.6 is 0 Å². The van der Waals surface area contributed by atoms with Crippen molar-refractivity contribution in [3.8, 4) is 0 Å². The number of amidine groups is 1. The molecular weight excluding hydrogens is 606 g/mol. The lowest BCUT2D eigenvalue weighted by Crippen LogP contribution is -2.53. The number of halogens is 1. The molecule has 1 N–H and O–H groups in total. The summed E-state index contributed by atoms with van der Waals surface area (Å²) < 4.78 is 57.7. The Kier molecular flexibility index (Phi) is 10.2. The molecule has 0 aliphatic carbocycles. The van der Waals surface area contributed by atoms with E-state index in [0.717, 1.165) is 25.1 Å². The van der Waals surface area contributed by atoms with Gasteiger partial charge in [0.2, 0.25) is 10.0 Å². The summed E-state index contributed by atoms with van der Waals surface area (Å²) in [5.74, 6) is -0.408. The van der Waals surface area contributed by atoms with Gasteiger partial charge in [0.25, 0.3) is 6.02 Å². The lowest BCUT2D eigenvalue weighted by Gasteiger charge is -2.40. The lowest BCUT2D eigenvalue weighted by molar-refractivity contribution is 0.0758. The zero-order valence-corrected chi connectivity index (χ0v) is 30.5. The molecule has 10 heteroatoms. The molecule has 4 rings (SSSR count). The molecule has 0 saturated carbocycles. The first-order valence-corrected chi connectivity index (χ1v) is 20.4. The molecule has 248 valence electrons. The number of hydrogen-bond acceptors (Lipinski definition) is 6. The molecule has 1 saturated heterocycles. The molecule has 2 unspecified atom stereocenters. The Hall–Kier alpha value is -2.53. The van der Waals surface area contributed by atoms with Gasteiger partial charge < -0.3 is 9.16 Å². The summed E-state index contributed by atoms with van der Waals surface area (Å²) in [4.78, 5) is 7.10. The predicted octanol–water partition coefficient (Wildman–Crippen LogP) is 7.99. The van der Waals surface area contributed by atoms with E-state index in [1.807, 2.05) is 24.3 Å². The first-order chi connectivity index (χ1) is 20.7. The lowest BCUT2D eigenvalue weighted by atomic mass is 9.93. The smallest absolute Gasteiger partial charge is 0.299 e. The molecule has 45 heavy (non-hydrogen) atoms. The fourth-order valence-electron chi connectivity index (χ4n) is 5.74. The maximum absolute atomic E-state index is 15.0. The third-order valence-electron chi connectivity index (χ3n) is 9.47. The van der Waals surface area contributed by atoms with E-state index in [0.29, 0.717) is 24.2 Å².